The molecule has 0 radical (unpaired) electrons. The van der Waals surface area contributed by atoms with Crippen molar-refractivity contribution in [2.45, 2.75) is 45.2 Å². The molecule has 0 aromatic rings. The fourth-order valence-corrected chi connectivity index (χ4v) is 1.47. The molecule has 0 N–H and O–H groups in total. The average molecular weight is 165 g/mol. The highest BCUT2D eigenvalue weighted by molar-refractivity contribution is 5.72. The molecule has 0 aromatic carbocycles. The van der Waals surface area contributed by atoms with Gasteiger partial charge in [0, 0.05) is 5.92 Å². The second-order valence-electron chi connectivity index (χ2n) is 4.82. The molecule has 12 heavy (non-hydrogen) atoms. The Kier molecular flexibility index (Phi) is 1.60. The van der Waals surface area contributed by atoms with Crippen LogP contribution in [0.15, 0.2) is 4.99 Å². The van der Waals surface area contributed by atoms with Crippen LogP contribution in [0.3, 0.4) is 0 Å². The van der Waals surface area contributed by atoms with Crippen LogP contribution in [0, 0.1) is 5.92 Å². The van der Waals surface area contributed by atoms with E-state index in [-0.39, 0.29) is 5.54 Å². The van der Waals surface area contributed by atoms with Gasteiger partial charge in [-0.1, -0.05) is 4.99 Å². The lowest BCUT2D eigenvalue weighted by Gasteiger charge is -2.14. The van der Waals surface area contributed by atoms with E-state index >= 15 is 0 Å². The van der Waals surface area contributed by atoms with Gasteiger partial charge in [-0.2, -0.15) is 0 Å². The molecule has 0 aromatic heterocycles. The summed E-state index contributed by atoms with van der Waals surface area (Å²) in [4.78, 5) is 4.49. The van der Waals surface area contributed by atoms with Gasteiger partial charge in [-0.3, -0.25) is 0 Å². The SMILES string of the molecule is CC(C)(C)[N+]1=CC(C2CC2)N=C1. The Balaban J connectivity index is 2.10. The second-order valence-corrected chi connectivity index (χ2v) is 4.82. The predicted octanol–water partition coefficient (Wildman–Crippen LogP) is 1.69. The molecular formula is C10H17N2+. The van der Waals surface area contributed by atoms with E-state index in [1.54, 1.807) is 0 Å². The highest BCUT2D eigenvalue weighted by Crippen LogP contribution is 2.34. The Morgan fingerprint density at radius 2 is 2.00 bits per heavy atom. The van der Waals surface area contributed by atoms with Gasteiger partial charge in [-0.05, 0) is 33.6 Å². The summed E-state index contributed by atoms with van der Waals surface area (Å²) < 4.78 is 2.23. The summed E-state index contributed by atoms with van der Waals surface area (Å²) in [5.41, 5.74) is 0.202. The third-order valence-electron chi connectivity index (χ3n) is 2.56. The molecule has 2 nitrogen and oxygen atoms in total. The first-order valence-corrected chi connectivity index (χ1v) is 4.74. The Bertz CT molecular complexity index is 241. The summed E-state index contributed by atoms with van der Waals surface area (Å²) in [5.74, 6) is 0.855. The van der Waals surface area contributed by atoms with Gasteiger partial charge >= 0.3 is 0 Å². The predicted molar refractivity (Wildman–Crippen MR) is 51.1 cm³/mol. The van der Waals surface area contributed by atoms with Crippen molar-refractivity contribution in [1.82, 2.24) is 0 Å². The van der Waals surface area contributed by atoms with Crippen molar-refractivity contribution >= 4 is 12.6 Å². The molecule has 2 heteroatoms. The molecule has 1 aliphatic carbocycles. The van der Waals surface area contributed by atoms with E-state index in [1.807, 2.05) is 6.34 Å². The zero-order valence-electron chi connectivity index (χ0n) is 8.12. The zero-order valence-corrected chi connectivity index (χ0v) is 8.12. The highest BCUT2D eigenvalue weighted by Gasteiger charge is 2.38. The van der Waals surface area contributed by atoms with E-state index in [0.717, 1.165) is 5.92 Å². The third kappa shape index (κ3) is 1.43. The van der Waals surface area contributed by atoms with Crippen LogP contribution in [0.25, 0.3) is 0 Å². The fraction of sp³-hybridized carbons (Fsp3) is 0.800. The lowest BCUT2D eigenvalue weighted by Crippen LogP contribution is -2.31. The molecule has 0 spiro atoms. The van der Waals surface area contributed by atoms with Crippen molar-refractivity contribution in [3.05, 3.63) is 0 Å². The summed E-state index contributed by atoms with van der Waals surface area (Å²) in [6, 6.07) is 0.490. The maximum absolute atomic E-state index is 4.49. The van der Waals surface area contributed by atoms with Gasteiger partial charge in [0.25, 0.3) is 6.34 Å². The average Bonchev–Trinajstić information content (AvgIpc) is 2.66. The van der Waals surface area contributed by atoms with E-state index in [0.29, 0.717) is 6.04 Å². The fourth-order valence-electron chi connectivity index (χ4n) is 1.47. The first-order valence-electron chi connectivity index (χ1n) is 4.74. The molecule has 0 saturated heterocycles. The van der Waals surface area contributed by atoms with Gasteiger partial charge in [0.1, 0.15) is 11.8 Å². The van der Waals surface area contributed by atoms with Crippen molar-refractivity contribution in [1.29, 1.82) is 0 Å². The largest absolute Gasteiger partial charge is 0.281 e. The van der Waals surface area contributed by atoms with Gasteiger partial charge in [0.05, 0.1) is 0 Å². The molecule has 2 aliphatic rings. The van der Waals surface area contributed by atoms with E-state index in [1.165, 1.54) is 12.8 Å². The Labute approximate surface area is 74.0 Å². The quantitative estimate of drug-likeness (QED) is 0.525. The standard InChI is InChI=1S/C10H17N2/c1-10(2,3)12-6-9(11-7-12)8-4-5-8/h6-9H,4-5H2,1-3H3/q+1. The second kappa shape index (κ2) is 2.41. The normalized spacial score (nSPS) is 29.2. The van der Waals surface area contributed by atoms with Crippen LogP contribution in [0.1, 0.15) is 33.6 Å². The van der Waals surface area contributed by atoms with Gasteiger partial charge in [-0.25, -0.2) is 4.58 Å². The van der Waals surface area contributed by atoms with Crippen LogP contribution in [0.5, 0.6) is 0 Å². The number of hydrogen-bond donors (Lipinski definition) is 0. The monoisotopic (exact) mass is 165 g/mol. The summed E-state index contributed by atoms with van der Waals surface area (Å²) in [6.45, 7) is 6.64. The molecule has 1 aliphatic heterocycles. The lowest BCUT2D eigenvalue weighted by atomic mass is 10.1. The van der Waals surface area contributed by atoms with Crippen LogP contribution in [0.4, 0.5) is 0 Å². The summed E-state index contributed by atoms with van der Waals surface area (Å²) in [6.07, 6.45) is 7.01. The topological polar surface area (TPSA) is 15.4 Å². The van der Waals surface area contributed by atoms with E-state index in [9.17, 15) is 0 Å². The molecule has 1 atom stereocenters. The first kappa shape index (κ1) is 7.96. The molecule has 2 rings (SSSR count). The number of nitrogens with zero attached hydrogens (tertiary/aromatic N) is 2. The summed E-state index contributed by atoms with van der Waals surface area (Å²) in [7, 11) is 0. The van der Waals surface area contributed by atoms with Crippen molar-refractivity contribution < 1.29 is 4.58 Å². The number of hydrogen-bond acceptors (Lipinski definition) is 1. The van der Waals surface area contributed by atoms with E-state index < -0.39 is 0 Å². The van der Waals surface area contributed by atoms with Crippen molar-refractivity contribution in [2.24, 2.45) is 10.9 Å². The van der Waals surface area contributed by atoms with Crippen LogP contribution in [-0.2, 0) is 0 Å². The van der Waals surface area contributed by atoms with Crippen molar-refractivity contribution in [2.75, 3.05) is 0 Å². The minimum Gasteiger partial charge on any atom is -0.232 e. The maximum Gasteiger partial charge on any atom is 0.281 e. The van der Waals surface area contributed by atoms with Gasteiger partial charge in [-0.15, -0.1) is 0 Å². The van der Waals surface area contributed by atoms with Crippen LogP contribution < -0.4 is 0 Å². The van der Waals surface area contributed by atoms with Crippen molar-refractivity contribution in [3.8, 4) is 0 Å². The zero-order chi connectivity index (χ0) is 8.77. The van der Waals surface area contributed by atoms with Crippen LogP contribution in [-0.4, -0.2) is 28.7 Å². The minimum atomic E-state index is 0.202. The van der Waals surface area contributed by atoms with Gasteiger partial charge in [0.15, 0.2) is 6.04 Å². The molecule has 0 amide bonds. The third-order valence-corrected chi connectivity index (χ3v) is 2.56. The van der Waals surface area contributed by atoms with Gasteiger partial charge in [0.2, 0.25) is 0 Å². The minimum absolute atomic E-state index is 0.202. The highest BCUT2D eigenvalue weighted by atomic mass is 15.2. The Morgan fingerprint density at radius 3 is 2.42 bits per heavy atom. The molecule has 0 bridgehead atoms. The van der Waals surface area contributed by atoms with Crippen LogP contribution in [0.2, 0.25) is 0 Å². The summed E-state index contributed by atoms with van der Waals surface area (Å²) >= 11 is 0. The molecule has 1 heterocycles. The lowest BCUT2D eigenvalue weighted by molar-refractivity contribution is -0.476. The van der Waals surface area contributed by atoms with Crippen LogP contribution >= 0.6 is 0 Å². The smallest absolute Gasteiger partial charge is 0.232 e. The number of aliphatic imine (C=N–C) groups is 1. The maximum atomic E-state index is 4.49. The molecule has 66 valence electrons. The molecule has 1 saturated carbocycles. The number of rotatable bonds is 1. The first-order chi connectivity index (χ1) is 5.57. The molecular weight excluding hydrogens is 148 g/mol. The van der Waals surface area contributed by atoms with Gasteiger partial charge < -0.3 is 0 Å². The van der Waals surface area contributed by atoms with E-state index in [4.69, 9.17) is 0 Å². The van der Waals surface area contributed by atoms with Crippen molar-refractivity contribution in [3.63, 3.8) is 0 Å². The Hall–Kier alpha value is -0.660. The van der Waals surface area contributed by atoms with E-state index in [2.05, 4.69) is 36.6 Å². The molecule has 1 fully saturated rings. The Morgan fingerprint density at radius 1 is 1.33 bits per heavy atom. The summed E-state index contributed by atoms with van der Waals surface area (Å²) in [5, 5.41) is 0. The molecule has 1 unspecified atom stereocenters.